The molecule has 0 atom stereocenters. The summed E-state index contributed by atoms with van der Waals surface area (Å²) in [5, 5.41) is 1.27. The Hall–Kier alpha value is -3.38. The summed E-state index contributed by atoms with van der Waals surface area (Å²) in [4.78, 5) is 22.3. The lowest BCUT2D eigenvalue weighted by Crippen LogP contribution is -2.23. The van der Waals surface area contributed by atoms with Gasteiger partial charge in [0.05, 0.1) is 24.0 Å². The third kappa shape index (κ3) is 2.97. The van der Waals surface area contributed by atoms with E-state index in [4.69, 9.17) is 22.1 Å². The second-order valence-electron chi connectivity index (χ2n) is 6.32. The monoisotopic (exact) mass is 392 g/mol. The molecule has 0 unspecified atom stereocenters. The van der Waals surface area contributed by atoms with Gasteiger partial charge in [0, 0.05) is 33.9 Å². The molecule has 28 heavy (non-hydrogen) atoms. The van der Waals surface area contributed by atoms with E-state index in [0.717, 1.165) is 5.69 Å². The molecule has 0 radical (unpaired) electrons. The zero-order valence-electron chi connectivity index (χ0n) is 15.3. The molecule has 0 fully saturated rings. The fourth-order valence-electron chi connectivity index (χ4n) is 3.14. The molecule has 0 saturated carbocycles. The molecule has 2 N–H and O–H groups in total. The molecule has 4 aromatic rings. The van der Waals surface area contributed by atoms with Crippen molar-refractivity contribution >= 4 is 28.3 Å². The van der Waals surface area contributed by atoms with Gasteiger partial charge in [-0.1, -0.05) is 11.6 Å². The highest BCUT2D eigenvalue weighted by molar-refractivity contribution is 6.30. The maximum Gasteiger partial charge on any atom is 0.266 e. The number of nitrogen functional groups attached to an aromatic ring is 1. The smallest absolute Gasteiger partial charge is 0.266 e. The minimum absolute atomic E-state index is 0.280. The zero-order chi connectivity index (χ0) is 19.8. The van der Waals surface area contributed by atoms with Crippen molar-refractivity contribution in [3.63, 3.8) is 0 Å². The molecule has 3 aromatic heterocycles. The van der Waals surface area contributed by atoms with Gasteiger partial charge in [-0.3, -0.25) is 9.36 Å². The summed E-state index contributed by atoms with van der Waals surface area (Å²) in [6, 6.07) is 14.2. The number of anilines is 1. The summed E-state index contributed by atoms with van der Waals surface area (Å²) < 4.78 is 6.66. The molecule has 0 spiro atoms. The van der Waals surface area contributed by atoms with E-state index in [1.54, 1.807) is 47.2 Å². The van der Waals surface area contributed by atoms with Crippen LogP contribution < -0.4 is 16.0 Å². The SMILES string of the molecule is COc1ccc(-c2c(N)c3ccc(C)nc3n(-c3ccc(Cl)cc3)c2=O)cn1. The predicted molar refractivity (Wildman–Crippen MR) is 111 cm³/mol. The summed E-state index contributed by atoms with van der Waals surface area (Å²) >= 11 is 6.02. The number of ether oxygens (including phenoxy) is 1. The molecule has 0 saturated heterocycles. The van der Waals surface area contributed by atoms with Crippen molar-refractivity contribution in [2.75, 3.05) is 12.8 Å². The van der Waals surface area contributed by atoms with E-state index < -0.39 is 0 Å². The number of aryl methyl sites for hydroxylation is 1. The number of nitrogens with two attached hydrogens (primary N) is 1. The first-order valence-electron chi connectivity index (χ1n) is 8.58. The van der Waals surface area contributed by atoms with Crippen molar-refractivity contribution in [2.24, 2.45) is 0 Å². The van der Waals surface area contributed by atoms with Gasteiger partial charge in [-0.05, 0) is 49.4 Å². The summed E-state index contributed by atoms with van der Waals surface area (Å²) in [7, 11) is 1.54. The van der Waals surface area contributed by atoms with E-state index in [-0.39, 0.29) is 5.56 Å². The Morgan fingerprint density at radius 3 is 2.46 bits per heavy atom. The molecular formula is C21H17ClN4O2. The van der Waals surface area contributed by atoms with E-state index in [1.165, 1.54) is 7.11 Å². The number of hydrogen-bond donors (Lipinski definition) is 1. The highest BCUT2D eigenvalue weighted by Crippen LogP contribution is 2.30. The van der Waals surface area contributed by atoms with Crippen molar-refractivity contribution in [2.45, 2.75) is 6.92 Å². The summed E-state index contributed by atoms with van der Waals surface area (Å²) in [6.07, 6.45) is 1.57. The molecule has 3 heterocycles. The van der Waals surface area contributed by atoms with Gasteiger partial charge in [0.2, 0.25) is 5.88 Å². The Morgan fingerprint density at radius 1 is 1.07 bits per heavy atom. The van der Waals surface area contributed by atoms with Gasteiger partial charge in [0.15, 0.2) is 0 Å². The number of nitrogens with zero attached hydrogens (tertiary/aromatic N) is 3. The molecule has 0 aliphatic rings. The van der Waals surface area contributed by atoms with Crippen LogP contribution in [0.1, 0.15) is 5.69 Å². The first kappa shape index (κ1) is 18.0. The van der Waals surface area contributed by atoms with Gasteiger partial charge in [0.25, 0.3) is 5.56 Å². The first-order chi connectivity index (χ1) is 13.5. The largest absolute Gasteiger partial charge is 0.481 e. The number of rotatable bonds is 3. The number of halogens is 1. The predicted octanol–water partition coefficient (Wildman–Crippen LogP) is 4.00. The third-order valence-corrected chi connectivity index (χ3v) is 4.77. The van der Waals surface area contributed by atoms with Gasteiger partial charge in [-0.2, -0.15) is 0 Å². The highest BCUT2D eigenvalue weighted by Gasteiger charge is 2.19. The Bertz CT molecular complexity index is 1230. The average Bonchev–Trinajstić information content (AvgIpc) is 2.70. The van der Waals surface area contributed by atoms with E-state index >= 15 is 0 Å². The zero-order valence-corrected chi connectivity index (χ0v) is 16.1. The third-order valence-electron chi connectivity index (χ3n) is 4.52. The van der Waals surface area contributed by atoms with Crippen molar-refractivity contribution in [3.8, 4) is 22.7 Å². The standard InChI is InChI=1S/C21H17ClN4O2/c1-12-3-9-16-19(23)18(13-4-10-17(28-2)24-11-13)21(27)26(20(16)25-12)15-7-5-14(22)6-8-15/h3-11H,23H2,1-2H3. The number of fused-ring (bicyclic) bond motifs is 1. The molecule has 0 aliphatic heterocycles. The molecule has 0 aliphatic carbocycles. The lowest BCUT2D eigenvalue weighted by Gasteiger charge is -2.16. The van der Waals surface area contributed by atoms with Crippen LogP contribution in [-0.4, -0.2) is 21.6 Å². The van der Waals surface area contributed by atoms with E-state index in [2.05, 4.69) is 9.97 Å². The quantitative estimate of drug-likeness (QED) is 0.569. The molecule has 4 rings (SSSR count). The van der Waals surface area contributed by atoms with Crippen LogP contribution in [0.3, 0.4) is 0 Å². The topological polar surface area (TPSA) is 83.0 Å². The Balaban J connectivity index is 2.10. The van der Waals surface area contributed by atoms with Gasteiger partial charge in [-0.15, -0.1) is 0 Å². The van der Waals surface area contributed by atoms with Crippen LogP contribution in [0.15, 0.2) is 59.5 Å². The van der Waals surface area contributed by atoms with Crippen LogP contribution in [0.4, 0.5) is 5.69 Å². The number of aromatic nitrogens is 3. The fourth-order valence-corrected chi connectivity index (χ4v) is 3.27. The molecule has 0 amide bonds. The summed E-state index contributed by atoms with van der Waals surface area (Å²) in [5.74, 6) is 0.457. The van der Waals surface area contributed by atoms with E-state index in [9.17, 15) is 4.79 Å². The Labute approximate surface area is 166 Å². The van der Waals surface area contributed by atoms with Crippen LogP contribution in [-0.2, 0) is 0 Å². The first-order valence-corrected chi connectivity index (χ1v) is 8.95. The van der Waals surface area contributed by atoms with Crippen molar-refractivity contribution < 1.29 is 4.74 Å². The van der Waals surface area contributed by atoms with Crippen LogP contribution in [0.5, 0.6) is 5.88 Å². The van der Waals surface area contributed by atoms with Gasteiger partial charge in [0.1, 0.15) is 5.65 Å². The molecule has 0 bridgehead atoms. The average molecular weight is 393 g/mol. The number of benzene rings is 1. The second kappa shape index (κ2) is 6.98. The maximum absolute atomic E-state index is 13.5. The molecular weight excluding hydrogens is 376 g/mol. The molecule has 7 heteroatoms. The van der Waals surface area contributed by atoms with Crippen LogP contribution in [0.2, 0.25) is 5.02 Å². The van der Waals surface area contributed by atoms with Crippen LogP contribution in [0.25, 0.3) is 27.8 Å². The van der Waals surface area contributed by atoms with Gasteiger partial charge < -0.3 is 10.5 Å². The second-order valence-corrected chi connectivity index (χ2v) is 6.76. The van der Waals surface area contributed by atoms with E-state index in [0.29, 0.717) is 44.4 Å². The Morgan fingerprint density at radius 2 is 1.82 bits per heavy atom. The lowest BCUT2D eigenvalue weighted by atomic mass is 10.0. The Kier molecular flexibility index (Phi) is 4.49. The van der Waals surface area contributed by atoms with Gasteiger partial charge in [-0.25, -0.2) is 9.97 Å². The maximum atomic E-state index is 13.5. The van der Waals surface area contributed by atoms with Crippen molar-refractivity contribution in [3.05, 3.63) is 75.8 Å². The lowest BCUT2D eigenvalue weighted by molar-refractivity contribution is 0.398. The molecule has 1 aromatic carbocycles. The summed E-state index contributed by atoms with van der Waals surface area (Å²) in [5.41, 5.74) is 9.40. The van der Waals surface area contributed by atoms with Gasteiger partial charge >= 0.3 is 0 Å². The fraction of sp³-hybridized carbons (Fsp3) is 0.0952. The number of hydrogen-bond acceptors (Lipinski definition) is 5. The minimum Gasteiger partial charge on any atom is -0.481 e. The van der Waals surface area contributed by atoms with E-state index in [1.807, 2.05) is 19.1 Å². The highest BCUT2D eigenvalue weighted by atomic mass is 35.5. The van der Waals surface area contributed by atoms with Crippen LogP contribution >= 0.6 is 11.6 Å². The number of pyridine rings is 3. The normalized spacial score (nSPS) is 11.0. The van der Waals surface area contributed by atoms with Crippen molar-refractivity contribution in [1.29, 1.82) is 0 Å². The number of methoxy groups -OCH3 is 1. The summed E-state index contributed by atoms with van der Waals surface area (Å²) in [6.45, 7) is 1.87. The molecule has 140 valence electrons. The minimum atomic E-state index is -0.280. The molecule has 6 nitrogen and oxygen atoms in total. The van der Waals surface area contributed by atoms with Crippen molar-refractivity contribution in [1.82, 2.24) is 14.5 Å². The van der Waals surface area contributed by atoms with Crippen LogP contribution in [0, 0.1) is 6.92 Å².